The largest absolute Gasteiger partial charge is 0.340 e. The van der Waals surface area contributed by atoms with E-state index in [9.17, 15) is 9.18 Å². The van der Waals surface area contributed by atoms with Crippen molar-refractivity contribution in [1.82, 2.24) is 19.9 Å². The lowest BCUT2D eigenvalue weighted by atomic mass is 9.98. The van der Waals surface area contributed by atoms with Gasteiger partial charge in [0.05, 0.1) is 12.0 Å². The molecule has 7 heteroatoms. The van der Waals surface area contributed by atoms with Crippen molar-refractivity contribution in [1.29, 1.82) is 0 Å². The minimum atomic E-state index is -0.235. The Labute approximate surface area is 145 Å². The third-order valence-electron chi connectivity index (χ3n) is 5.03. The Balaban J connectivity index is 1.36. The van der Waals surface area contributed by atoms with Crippen LogP contribution in [0.15, 0.2) is 28.8 Å². The van der Waals surface area contributed by atoms with Crippen LogP contribution < -0.4 is 0 Å². The standard InChI is InChI=1S/C18H21FN4O2/c1-12-20-17(25-21-12)14-10-23(11-14)18(24)16-3-2-8-22(16)9-13-4-6-15(19)7-5-13/h4-7,14,16H,2-3,8-11H2,1H3/t16-/m0/s1. The molecule has 2 saturated heterocycles. The number of hydrogen-bond acceptors (Lipinski definition) is 5. The summed E-state index contributed by atoms with van der Waals surface area (Å²) in [5.41, 5.74) is 1.03. The molecule has 4 rings (SSSR count). The fourth-order valence-corrected chi connectivity index (χ4v) is 3.62. The van der Waals surface area contributed by atoms with Gasteiger partial charge >= 0.3 is 0 Å². The Bertz CT molecular complexity index is 755. The SMILES string of the molecule is Cc1noc(C2CN(C(=O)[C@@H]3CCCN3Cc3ccc(F)cc3)C2)n1. The zero-order valence-electron chi connectivity index (χ0n) is 14.2. The van der Waals surface area contributed by atoms with E-state index in [1.54, 1.807) is 19.1 Å². The summed E-state index contributed by atoms with van der Waals surface area (Å²) in [6.07, 6.45) is 1.89. The van der Waals surface area contributed by atoms with Crippen LogP contribution in [-0.2, 0) is 11.3 Å². The van der Waals surface area contributed by atoms with Crippen LogP contribution in [0.5, 0.6) is 0 Å². The number of benzene rings is 1. The Morgan fingerprint density at radius 3 is 2.76 bits per heavy atom. The summed E-state index contributed by atoms with van der Waals surface area (Å²) in [5.74, 6) is 1.34. The van der Waals surface area contributed by atoms with Gasteiger partial charge in [0.1, 0.15) is 5.82 Å². The molecule has 1 amide bonds. The molecule has 2 aliphatic heterocycles. The van der Waals surface area contributed by atoms with Crippen molar-refractivity contribution in [3.05, 3.63) is 47.4 Å². The average Bonchev–Trinajstić information content (AvgIpc) is 3.17. The molecule has 2 aliphatic rings. The quantitative estimate of drug-likeness (QED) is 0.850. The van der Waals surface area contributed by atoms with Crippen molar-refractivity contribution in [2.45, 2.75) is 38.3 Å². The first-order chi connectivity index (χ1) is 12.1. The molecule has 0 radical (unpaired) electrons. The maximum absolute atomic E-state index is 13.1. The number of aromatic nitrogens is 2. The van der Waals surface area contributed by atoms with Gasteiger partial charge < -0.3 is 9.42 Å². The number of carbonyl (C=O) groups is 1. The maximum Gasteiger partial charge on any atom is 0.239 e. The van der Waals surface area contributed by atoms with Gasteiger partial charge in [-0.15, -0.1) is 0 Å². The fourth-order valence-electron chi connectivity index (χ4n) is 3.62. The normalized spacial score (nSPS) is 21.5. The molecule has 132 valence electrons. The summed E-state index contributed by atoms with van der Waals surface area (Å²) in [6.45, 7) is 4.65. The molecule has 0 N–H and O–H groups in total. The molecule has 0 aliphatic carbocycles. The molecule has 0 bridgehead atoms. The molecule has 0 unspecified atom stereocenters. The third-order valence-corrected chi connectivity index (χ3v) is 5.03. The zero-order chi connectivity index (χ0) is 17.4. The first kappa shape index (κ1) is 16.2. The topological polar surface area (TPSA) is 62.5 Å². The van der Waals surface area contributed by atoms with Gasteiger partial charge in [0, 0.05) is 19.6 Å². The molecular formula is C18H21FN4O2. The molecule has 25 heavy (non-hydrogen) atoms. The Hall–Kier alpha value is -2.28. The number of aryl methyl sites for hydroxylation is 1. The van der Waals surface area contributed by atoms with E-state index in [0.29, 0.717) is 31.3 Å². The van der Waals surface area contributed by atoms with Gasteiger partial charge in [0.25, 0.3) is 0 Å². The summed E-state index contributed by atoms with van der Waals surface area (Å²) < 4.78 is 18.2. The highest BCUT2D eigenvalue weighted by molar-refractivity contribution is 5.83. The van der Waals surface area contributed by atoms with Crippen LogP contribution in [-0.4, -0.2) is 51.5 Å². The summed E-state index contributed by atoms with van der Waals surface area (Å²) in [5, 5.41) is 3.81. The van der Waals surface area contributed by atoms with Gasteiger partial charge in [-0.05, 0) is 44.0 Å². The summed E-state index contributed by atoms with van der Waals surface area (Å²) in [6, 6.07) is 6.42. The molecular weight excluding hydrogens is 323 g/mol. The van der Waals surface area contributed by atoms with E-state index >= 15 is 0 Å². The van der Waals surface area contributed by atoms with Gasteiger partial charge in [-0.3, -0.25) is 9.69 Å². The van der Waals surface area contributed by atoms with Crippen molar-refractivity contribution in [3.63, 3.8) is 0 Å². The number of likely N-dealkylation sites (tertiary alicyclic amines) is 2. The van der Waals surface area contributed by atoms with Crippen LogP contribution in [0.1, 0.15) is 36.0 Å². The molecule has 2 fully saturated rings. The second kappa shape index (κ2) is 6.55. The van der Waals surface area contributed by atoms with Crippen LogP contribution in [0.4, 0.5) is 4.39 Å². The van der Waals surface area contributed by atoms with Gasteiger partial charge in [0.2, 0.25) is 11.8 Å². The smallest absolute Gasteiger partial charge is 0.239 e. The second-order valence-electron chi connectivity index (χ2n) is 6.87. The highest BCUT2D eigenvalue weighted by atomic mass is 19.1. The van der Waals surface area contributed by atoms with Crippen LogP contribution in [0.3, 0.4) is 0 Å². The number of hydrogen-bond donors (Lipinski definition) is 0. The molecule has 1 atom stereocenters. The molecule has 0 spiro atoms. The predicted molar refractivity (Wildman–Crippen MR) is 88.2 cm³/mol. The summed E-state index contributed by atoms with van der Waals surface area (Å²) in [7, 11) is 0. The van der Waals surface area contributed by atoms with Crippen molar-refractivity contribution >= 4 is 5.91 Å². The van der Waals surface area contributed by atoms with E-state index in [4.69, 9.17) is 4.52 Å². The van der Waals surface area contributed by atoms with Gasteiger partial charge in [-0.1, -0.05) is 17.3 Å². The van der Waals surface area contributed by atoms with E-state index in [-0.39, 0.29) is 23.7 Å². The van der Waals surface area contributed by atoms with Gasteiger partial charge in [0.15, 0.2) is 5.82 Å². The highest BCUT2D eigenvalue weighted by Gasteiger charge is 2.41. The van der Waals surface area contributed by atoms with E-state index in [1.807, 2.05) is 4.90 Å². The van der Waals surface area contributed by atoms with Crippen molar-refractivity contribution in [3.8, 4) is 0 Å². The van der Waals surface area contributed by atoms with Crippen LogP contribution in [0.25, 0.3) is 0 Å². The fraction of sp³-hybridized carbons (Fsp3) is 0.500. The lowest BCUT2D eigenvalue weighted by molar-refractivity contribution is -0.141. The first-order valence-corrected chi connectivity index (χ1v) is 8.67. The van der Waals surface area contributed by atoms with E-state index in [1.165, 1.54) is 12.1 Å². The lowest BCUT2D eigenvalue weighted by Gasteiger charge is -2.40. The van der Waals surface area contributed by atoms with E-state index in [0.717, 1.165) is 24.9 Å². The molecule has 1 aromatic carbocycles. The monoisotopic (exact) mass is 344 g/mol. The van der Waals surface area contributed by atoms with Crippen molar-refractivity contribution in [2.75, 3.05) is 19.6 Å². The minimum Gasteiger partial charge on any atom is -0.340 e. The van der Waals surface area contributed by atoms with Crippen molar-refractivity contribution < 1.29 is 13.7 Å². The van der Waals surface area contributed by atoms with E-state index in [2.05, 4.69) is 15.0 Å². The Morgan fingerprint density at radius 1 is 1.32 bits per heavy atom. The van der Waals surface area contributed by atoms with Crippen LogP contribution in [0.2, 0.25) is 0 Å². The minimum absolute atomic E-state index is 0.0876. The van der Waals surface area contributed by atoms with Gasteiger partial charge in [-0.25, -0.2) is 4.39 Å². The highest BCUT2D eigenvalue weighted by Crippen LogP contribution is 2.29. The number of rotatable bonds is 4. The van der Waals surface area contributed by atoms with Crippen LogP contribution in [0, 0.1) is 12.7 Å². The molecule has 2 aromatic rings. The van der Waals surface area contributed by atoms with Gasteiger partial charge in [-0.2, -0.15) is 4.98 Å². The van der Waals surface area contributed by atoms with Crippen molar-refractivity contribution in [2.24, 2.45) is 0 Å². The number of halogens is 1. The first-order valence-electron chi connectivity index (χ1n) is 8.67. The second-order valence-corrected chi connectivity index (χ2v) is 6.87. The van der Waals surface area contributed by atoms with Crippen LogP contribution >= 0.6 is 0 Å². The molecule has 0 saturated carbocycles. The molecule has 1 aromatic heterocycles. The molecule has 6 nitrogen and oxygen atoms in total. The third kappa shape index (κ3) is 3.28. The number of amides is 1. The maximum atomic E-state index is 13.1. The number of nitrogens with zero attached hydrogens (tertiary/aromatic N) is 4. The zero-order valence-corrected chi connectivity index (χ0v) is 14.2. The summed E-state index contributed by atoms with van der Waals surface area (Å²) >= 11 is 0. The van der Waals surface area contributed by atoms with E-state index < -0.39 is 0 Å². The number of carbonyl (C=O) groups excluding carboxylic acids is 1. The summed E-state index contributed by atoms with van der Waals surface area (Å²) in [4.78, 5) is 21.1. The predicted octanol–water partition coefficient (Wildman–Crippen LogP) is 2.11. The molecule has 3 heterocycles. The Morgan fingerprint density at radius 2 is 2.08 bits per heavy atom. The Kier molecular flexibility index (Phi) is 4.25. The average molecular weight is 344 g/mol. The lowest BCUT2D eigenvalue weighted by Crippen LogP contribution is -2.54.